The van der Waals surface area contributed by atoms with E-state index in [0.29, 0.717) is 25.7 Å². The summed E-state index contributed by atoms with van der Waals surface area (Å²) in [6.45, 7) is 4.45. The molecule has 0 amide bonds. The van der Waals surface area contributed by atoms with E-state index in [2.05, 4.69) is 174 Å². The molecule has 5 unspecified atom stereocenters. The minimum Gasteiger partial charge on any atom is -0.462 e. The Hall–Kier alpha value is -5.06. The molecule has 0 radical (unpaired) electrons. The van der Waals surface area contributed by atoms with Crippen LogP contribution >= 0.6 is 15.6 Å². The van der Waals surface area contributed by atoms with Gasteiger partial charge in [0, 0.05) is 25.7 Å². The molecule has 19 heteroatoms. The first kappa shape index (κ1) is 98.9. The van der Waals surface area contributed by atoms with E-state index in [1.807, 2.05) is 0 Å². The zero-order valence-electron chi connectivity index (χ0n) is 64.9. The molecule has 0 spiro atoms. The summed E-state index contributed by atoms with van der Waals surface area (Å²) in [5, 5.41) is 10.6. The van der Waals surface area contributed by atoms with Crippen molar-refractivity contribution in [2.24, 2.45) is 0 Å². The molecular weight excluding hydrogens is 1350 g/mol. The van der Waals surface area contributed by atoms with Gasteiger partial charge in [-0.1, -0.05) is 270 Å². The fourth-order valence-corrected chi connectivity index (χ4v) is 11.8. The van der Waals surface area contributed by atoms with Crippen molar-refractivity contribution in [3.05, 3.63) is 146 Å². The summed E-state index contributed by atoms with van der Waals surface area (Å²) in [5.41, 5.74) is 0. The molecule has 0 aromatic carbocycles. The summed E-state index contributed by atoms with van der Waals surface area (Å²) in [5.74, 6) is -2.27. The highest BCUT2D eigenvalue weighted by molar-refractivity contribution is 7.47. The average molecular weight is 1500 g/mol. The van der Waals surface area contributed by atoms with Crippen molar-refractivity contribution >= 4 is 39.5 Å². The predicted octanol–water partition coefficient (Wildman–Crippen LogP) is 23.4. The maximum atomic E-state index is 13.1. The number of unbranched alkanes of at least 4 members (excludes halogenated alkanes) is 24. The van der Waals surface area contributed by atoms with Crippen LogP contribution in [0.15, 0.2) is 146 Å². The van der Waals surface area contributed by atoms with Crippen molar-refractivity contribution in [1.29, 1.82) is 0 Å². The number of aliphatic hydroxyl groups is 1. The molecule has 0 fully saturated rings. The lowest BCUT2D eigenvalue weighted by Crippen LogP contribution is -2.30. The van der Waals surface area contributed by atoms with Gasteiger partial charge in [-0.25, -0.2) is 9.13 Å². The van der Waals surface area contributed by atoms with E-state index < -0.39 is 97.5 Å². The third kappa shape index (κ3) is 75.2. The molecule has 0 aromatic rings. The predicted molar refractivity (Wildman–Crippen MR) is 427 cm³/mol. The zero-order valence-corrected chi connectivity index (χ0v) is 66.7. The van der Waals surface area contributed by atoms with Gasteiger partial charge in [0.15, 0.2) is 12.2 Å². The molecule has 0 rings (SSSR count). The highest BCUT2D eigenvalue weighted by atomic mass is 31.2. The van der Waals surface area contributed by atoms with Crippen LogP contribution in [0.3, 0.4) is 0 Å². The smallest absolute Gasteiger partial charge is 0.462 e. The number of rotatable bonds is 74. The molecule has 0 aliphatic heterocycles. The van der Waals surface area contributed by atoms with Crippen molar-refractivity contribution in [2.75, 3.05) is 39.6 Å². The molecule has 5 atom stereocenters. The maximum absolute atomic E-state index is 13.1. The summed E-state index contributed by atoms with van der Waals surface area (Å²) in [6, 6.07) is 0. The number of carbonyl (C=O) groups excluding carboxylic acids is 4. The van der Waals surface area contributed by atoms with Gasteiger partial charge in [-0.2, -0.15) is 0 Å². The van der Waals surface area contributed by atoms with Crippen LogP contribution in [-0.4, -0.2) is 96.7 Å². The maximum Gasteiger partial charge on any atom is 0.472 e. The molecule has 0 saturated carbocycles. The van der Waals surface area contributed by atoms with Crippen LogP contribution in [0.1, 0.15) is 310 Å². The van der Waals surface area contributed by atoms with Gasteiger partial charge in [-0.3, -0.25) is 37.3 Å². The lowest BCUT2D eigenvalue weighted by molar-refractivity contribution is -0.161. The minimum absolute atomic E-state index is 0.0670. The van der Waals surface area contributed by atoms with Gasteiger partial charge in [0.1, 0.15) is 19.3 Å². The number of allylic oxidation sites excluding steroid dienone is 24. The van der Waals surface area contributed by atoms with Crippen molar-refractivity contribution in [3.63, 3.8) is 0 Å². The molecule has 17 nitrogen and oxygen atoms in total. The first-order chi connectivity index (χ1) is 50.7. The highest BCUT2D eigenvalue weighted by Gasteiger charge is 2.30. The number of phosphoric ester groups is 2. The molecular formula is C85H142O17P2. The molecule has 0 saturated heterocycles. The molecule has 594 valence electrons. The van der Waals surface area contributed by atoms with Crippen LogP contribution in [0.2, 0.25) is 0 Å². The third-order valence-corrected chi connectivity index (χ3v) is 18.2. The summed E-state index contributed by atoms with van der Waals surface area (Å²) < 4.78 is 68.6. The molecule has 3 N–H and O–H groups in total. The Labute approximate surface area is 630 Å². The van der Waals surface area contributed by atoms with Crippen LogP contribution in [0.5, 0.6) is 0 Å². The van der Waals surface area contributed by atoms with Gasteiger partial charge in [0.05, 0.1) is 26.4 Å². The first-order valence-electron chi connectivity index (χ1n) is 40.1. The van der Waals surface area contributed by atoms with E-state index in [9.17, 15) is 43.2 Å². The molecule has 0 aliphatic carbocycles. The van der Waals surface area contributed by atoms with Crippen molar-refractivity contribution in [3.8, 4) is 0 Å². The number of phosphoric acid groups is 2. The van der Waals surface area contributed by atoms with Crippen LogP contribution in [0, 0.1) is 0 Å². The quantitative estimate of drug-likeness (QED) is 0.0169. The number of aliphatic hydroxyl groups excluding tert-OH is 1. The minimum atomic E-state index is -4.99. The number of hydrogen-bond donors (Lipinski definition) is 3. The lowest BCUT2D eigenvalue weighted by atomic mass is 10.1. The van der Waals surface area contributed by atoms with Gasteiger partial charge >= 0.3 is 39.5 Å². The van der Waals surface area contributed by atoms with Crippen LogP contribution in [-0.2, 0) is 65.4 Å². The fourth-order valence-electron chi connectivity index (χ4n) is 10.3. The number of hydrogen-bond acceptors (Lipinski definition) is 15. The summed E-state index contributed by atoms with van der Waals surface area (Å²) in [6.07, 6.45) is 86.8. The fraction of sp³-hybridized carbons (Fsp3) is 0.671. The Kier molecular flexibility index (Phi) is 72.4. The zero-order chi connectivity index (χ0) is 76.0. The van der Waals surface area contributed by atoms with E-state index in [1.165, 1.54) is 38.5 Å². The van der Waals surface area contributed by atoms with Crippen molar-refractivity contribution in [2.45, 2.75) is 329 Å². The van der Waals surface area contributed by atoms with Crippen molar-refractivity contribution < 1.29 is 80.2 Å². The normalized spacial score (nSPS) is 14.6. The lowest BCUT2D eigenvalue weighted by Gasteiger charge is -2.21. The van der Waals surface area contributed by atoms with E-state index in [4.69, 9.17) is 37.0 Å². The second kappa shape index (κ2) is 76.1. The van der Waals surface area contributed by atoms with Crippen molar-refractivity contribution in [1.82, 2.24) is 0 Å². The van der Waals surface area contributed by atoms with Gasteiger partial charge < -0.3 is 33.8 Å². The Balaban J connectivity index is 5.42. The van der Waals surface area contributed by atoms with E-state index in [1.54, 1.807) is 0 Å². The summed E-state index contributed by atoms with van der Waals surface area (Å²) in [4.78, 5) is 73.0. The average Bonchev–Trinajstić information content (AvgIpc) is 0.918. The van der Waals surface area contributed by atoms with Gasteiger partial charge in [-0.15, -0.1) is 0 Å². The molecule has 0 aliphatic rings. The van der Waals surface area contributed by atoms with Gasteiger partial charge in [0.25, 0.3) is 0 Å². The summed E-state index contributed by atoms with van der Waals surface area (Å²) in [7, 11) is -9.99. The molecule has 0 bridgehead atoms. The van der Waals surface area contributed by atoms with E-state index in [0.717, 1.165) is 193 Å². The van der Waals surface area contributed by atoms with E-state index >= 15 is 0 Å². The van der Waals surface area contributed by atoms with E-state index in [-0.39, 0.29) is 25.7 Å². The second-order valence-electron chi connectivity index (χ2n) is 26.2. The number of esters is 4. The summed E-state index contributed by atoms with van der Waals surface area (Å²) >= 11 is 0. The van der Waals surface area contributed by atoms with Gasteiger partial charge in [-0.05, 0) is 161 Å². The number of carbonyl (C=O) groups is 4. The highest BCUT2D eigenvalue weighted by Crippen LogP contribution is 2.45. The molecule has 0 heterocycles. The topological polar surface area (TPSA) is 237 Å². The van der Waals surface area contributed by atoms with Gasteiger partial charge in [0.2, 0.25) is 0 Å². The Morgan fingerprint density at radius 1 is 0.279 bits per heavy atom. The largest absolute Gasteiger partial charge is 0.472 e. The standard InChI is InChI=1S/C85H142O17P2/c1-5-9-13-17-21-25-29-33-37-38-39-40-44-46-50-54-58-62-66-70-83(88)96-76-81(102-85(90)72-68-64-60-56-52-48-43-36-32-28-24-20-16-12-8-4)78-100-104(93,94)98-74-79(86)73-97-103(91,92)99-77-80(101-84(89)71-67-63-59-55-51-47-42-35-31-27-23-19-15-11-7-3)75-95-82(87)69-65-61-57-53-49-45-41-34-30-26-22-18-14-10-6-2/h9-10,12-14,16,21-22,24-26,28,33-37,39-43,49,53,79-81,86H,5-8,11,15,17-20,23,27,29-32,38,44-48,50-52,54-78H2,1-4H3,(H,91,92)(H,93,94)/b13-9-,14-10-,16-12-,25-21-,26-22-,28-24-,37-33-,40-39-,41-34-,42-35-,43-36-,53-49-. The Bertz CT molecular complexity index is 2540. The second-order valence-corrected chi connectivity index (χ2v) is 29.1. The SMILES string of the molecule is CC/C=C\C/C=C\C/C=C\C/C=C\CCCCCCCCC(=O)OCC(COP(=O)(O)OCC(O)COP(=O)(O)OCC(COC(=O)CCCC/C=C\C/C=C\C/C=C\C/C=C\CC)OC(=O)CCCCCCC/C=C\CCCCCCCC)OC(=O)CCCCCCC/C=C\C/C=C\C/C=C\CC. The Morgan fingerprint density at radius 3 is 0.798 bits per heavy atom. The van der Waals surface area contributed by atoms with Crippen LogP contribution in [0.25, 0.3) is 0 Å². The Morgan fingerprint density at radius 2 is 0.500 bits per heavy atom. The molecule has 0 aromatic heterocycles. The third-order valence-electron chi connectivity index (χ3n) is 16.3. The number of ether oxygens (including phenoxy) is 4. The molecule has 104 heavy (non-hydrogen) atoms. The monoisotopic (exact) mass is 1500 g/mol. The van der Waals surface area contributed by atoms with Crippen LogP contribution in [0.4, 0.5) is 0 Å². The first-order valence-corrected chi connectivity index (χ1v) is 43.1. The van der Waals surface area contributed by atoms with Crippen LogP contribution < -0.4 is 0 Å².